The maximum atomic E-state index is 6.47. The smallest absolute Gasteiger partial charge is 0.188 e. The van der Waals surface area contributed by atoms with E-state index in [-0.39, 0.29) is 22.9 Å². The van der Waals surface area contributed by atoms with Crippen molar-refractivity contribution in [2.75, 3.05) is 20.2 Å². The van der Waals surface area contributed by atoms with Crippen molar-refractivity contribution in [2.45, 2.75) is 53.6 Å². The first-order valence-corrected chi connectivity index (χ1v) is 14.6. The van der Waals surface area contributed by atoms with E-state index in [0.717, 1.165) is 13.1 Å². The van der Waals surface area contributed by atoms with Gasteiger partial charge in [0.1, 0.15) is 0 Å². The zero-order valence-electron chi connectivity index (χ0n) is 23.4. The third-order valence-corrected chi connectivity index (χ3v) is 9.70. The highest BCUT2D eigenvalue weighted by Crippen LogP contribution is 2.62. The summed E-state index contributed by atoms with van der Waals surface area (Å²) in [4.78, 5) is 0. The van der Waals surface area contributed by atoms with E-state index in [1.165, 1.54) is 32.7 Å². The Hall–Kier alpha value is -2.29. The minimum atomic E-state index is -0.968. The van der Waals surface area contributed by atoms with Crippen molar-refractivity contribution < 1.29 is 4.52 Å². The van der Waals surface area contributed by atoms with Crippen LogP contribution in [-0.4, -0.2) is 29.5 Å². The zero-order valence-corrected chi connectivity index (χ0v) is 24.3. The van der Waals surface area contributed by atoms with Gasteiger partial charge in [0.05, 0.1) is 0 Å². The minimum Gasteiger partial charge on any atom is -0.335 e. The molecule has 0 bridgehead atoms. The van der Waals surface area contributed by atoms with Gasteiger partial charge in [-0.15, -0.1) is 0 Å². The molecule has 0 aromatic heterocycles. The molecule has 0 spiro atoms. The van der Waals surface area contributed by atoms with E-state index in [2.05, 4.69) is 136 Å². The molecule has 4 aromatic rings. The number of fused-ring (bicyclic) bond motifs is 2. The molecule has 5 rings (SSSR count). The van der Waals surface area contributed by atoms with Crippen molar-refractivity contribution in [3.63, 3.8) is 0 Å². The lowest BCUT2D eigenvalue weighted by Crippen LogP contribution is -2.35. The molecule has 0 N–H and O–H groups in total. The molecule has 4 aromatic carbocycles. The van der Waals surface area contributed by atoms with E-state index in [1.807, 2.05) is 7.11 Å². The first kappa shape index (κ1) is 26.3. The van der Waals surface area contributed by atoms with E-state index >= 15 is 0 Å². The Morgan fingerprint density at radius 1 is 0.595 bits per heavy atom. The molecule has 1 fully saturated rings. The van der Waals surface area contributed by atoms with Gasteiger partial charge in [0.25, 0.3) is 0 Å². The highest BCUT2D eigenvalue weighted by molar-refractivity contribution is 7.47. The van der Waals surface area contributed by atoms with E-state index in [4.69, 9.17) is 4.52 Å². The second-order valence-corrected chi connectivity index (χ2v) is 14.3. The molecule has 1 heterocycles. The molecule has 0 aliphatic carbocycles. The van der Waals surface area contributed by atoms with Gasteiger partial charge in [-0.3, -0.25) is 0 Å². The highest BCUT2D eigenvalue weighted by atomic mass is 31.2. The molecule has 37 heavy (non-hydrogen) atoms. The third kappa shape index (κ3) is 4.95. The van der Waals surface area contributed by atoms with Crippen LogP contribution in [0, 0.1) is 10.8 Å². The van der Waals surface area contributed by atoms with Crippen LogP contribution in [-0.2, 0) is 4.52 Å². The highest BCUT2D eigenvalue weighted by Gasteiger charge is 2.48. The molecular weight excluding hydrogens is 471 g/mol. The molecule has 0 saturated carbocycles. The van der Waals surface area contributed by atoms with Crippen LogP contribution < -0.4 is 0 Å². The van der Waals surface area contributed by atoms with Gasteiger partial charge >= 0.3 is 0 Å². The second-order valence-electron chi connectivity index (χ2n) is 12.4. The maximum absolute atomic E-state index is 6.47. The Kier molecular flexibility index (Phi) is 7.20. The summed E-state index contributed by atoms with van der Waals surface area (Å²) < 4.78 is 11.8. The molecule has 194 valence electrons. The molecule has 1 aliphatic heterocycles. The van der Waals surface area contributed by atoms with Crippen molar-refractivity contribution in [1.82, 2.24) is 9.34 Å². The normalized spacial score (nSPS) is 18.0. The Bertz CT molecular complexity index is 1270. The summed E-state index contributed by atoms with van der Waals surface area (Å²) in [5.41, 5.74) is 2.87. The lowest BCUT2D eigenvalue weighted by atomic mass is 9.80. The summed E-state index contributed by atoms with van der Waals surface area (Å²) in [6.45, 7) is 16.2. The van der Waals surface area contributed by atoms with Crippen LogP contribution in [0.25, 0.3) is 21.5 Å². The monoisotopic (exact) mass is 512 g/mol. The zero-order chi connectivity index (χ0) is 26.4. The van der Waals surface area contributed by atoms with E-state index in [9.17, 15) is 0 Å². The Morgan fingerprint density at radius 3 is 1.35 bits per heavy atom. The molecule has 3 nitrogen and oxygen atoms in total. The van der Waals surface area contributed by atoms with Gasteiger partial charge in [-0.25, -0.2) is 9.34 Å². The Morgan fingerprint density at radius 2 is 0.973 bits per heavy atom. The van der Waals surface area contributed by atoms with E-state index in [0.29, 0.717) is 0 Å². The fourth-order valence-electron chi connectivity index (χ4n) is 6.32. The molecule has 1 saturated heterocycles. The standard InChI is InChI=1S/C33H41N2OP/c1-32(2,3)30(28-20-12-16-24-14-8-10-18-26(24)28)34-22-23-35(37(34)36-7)31(33(4,5)6)29-21-13-17-25-15-9-11-19-27(25)29/h8-21,30-31H,22-23H2,1-7H3/t30-,31-/m1/s1. The number of hydrogen-bond donors (Lipinski definition) is 0. The van der Waals surface area contributed by atoms with Crippen LogP contribution in [0.15, 0.2) is 84.9 Å². The summed E-state index contributed by atoms with van der Waals surface area (Å²) in [5, 5.41) is 5.29. The molecule has 1 aliphatic rings. The first-order chi connectivity index (χ1) is 17.6. The van der Waals surface area contributed by atoms with Crippen LogP contribution >= 0.6 is 8.45 Å². The first-order valence-electron chi connectivity index (χ1n) is 13.4. The van der Waals surface area contributed by atoms with E-state index in [1.54, 1.807) is 0 Å². The predicted octanol–water partition coefficient (Wildman–Crippen LogP) is 9.36. The van der Waals surface area contributed by atoms with Crippen molar-refractivity contribution >= 4 is 30.0 Å². The van der Waals surface area contributed by atoms with E-state index < -0.39 is 8.45 Å². The topological polar surface area (TPSA) is 15.7 Å². The van der Waals surface area contributed by atoms with Gasteiger partial charge in [0.2, 0.25) is 0 Å². The largest absolute Gasteiger partial charge is 0.335 e. The lowest BCUT2D eigenvalue weighted by Gasteiger charge is -2.45. The van der Waals surface area contributed by atoms with Crippen LogP contribution in [0.2, 0.25) is 0 Å². The molecule has 4 heteroatoms. The molecule has 2 atom stereocenters. The summed E-state index contributed by atoms with van der Waals surface area (Å²) in [5.74, 6) is 0. The van der Waals surface area contributed by atoms with Gasteiger partial charge in [-0.05, 0) is 43.5 Å². The van der Waals surface area contributed by atoms with Gasteiger partial charge in [0, 0.05) is 32.3 Å². The number of benzene rings is 4. The predicted molar refractivity (Wildman–Crippen MR) is 160 cm³/mol. The third-order valence-electron chi connectivity index (χ3n) is 7.63. The van der Waals surface area contributed by atoms with Gasteiger partial charge in [-0.1, -0.05) is 126 Å². The Balaban J connectivity index is 1.62. The molecule has 0 unspecified atom stereocenters. The SMILES string of the molecule is COP1N([C@H](c2cccc3ccccc23)C(C)(C)C)CCN1[C@H](c1cccc2ccccc12)C(C)(C)C. The summed E-state index contributed by atoms with van der Waals surface area (Å²) in [7, 11) is 0.937. The minimum absolute atomic E-state index is 0.0376. The summed E-state index contributed by atoms with van der Waals surface area (Å²) >= 11 is 0. The van der Waals surface area contributed by atoms with Crippen molar-refractivity contribution in [1.29, 1.82) is 0 Å². The van der Waals surface area contributed by atoms with Gasteiger partial charge in [0.15, 0.2) is 8.45 Å². The van der Waals surface area contributed by atoms with Crippen molar-refractivity contribution in [2.24, 2.45) is 10.8 Å². The van der Waals surface area contributed by atoms with Gasteiger partial charge in [-0.2, -0.15) is 0 Å². The average molecular weight is 513 g/mol. The van der Waals surface area contributed by atoms with Crippen LogP contribution in [0.1, 0.15) is 64.8 Å². The van der Waals surface area contributed by atoms with Gasteiger partial charge < -0.3 is 4.52 Å². The molecular formula is C33H41N2OP. The van der Waals surface area contributed by atoms with Crippen LogP contribution in [0.4, 0.5) is 0 Å². The fourth-order valence-corrected chi connectivity index (χ4v) is 8.89. The van der Waals surface area contributed by atoms with Crippen molar-refractivity contribution in [3.8, 4) is 0 Å². The quantitative estimate of drug-likeness (QED) is 0.248. The van der Waals surface area contributed by atoms with Crippen LogP contribution in [0.3, 0.4) is 0 Å². The molecule has 0 amide bonds. The number of rotatable bonds is 5. The lowest BCUT2D eigenvalue weighted by molar-refractivity contribution is 0.177. The Labute approximate surface area is 224 Å². The maximum Gasteiger partial charge on any atom is 0.188 e. The van der Waals surface area contributed by atoms with Crippen molar-refractivity contribution in [3.05, 3.63) is 96.1 Å². The number of hydrogen-bond acceptors (Lipinski definition) is 3. The molecule has 0 radical (unpaired) electrons. The summed E-state index contributed by atoms with van der Waals surface area (Å²) in [6.07, 6.45) is 0. The average Bonchev–Trinajstić information content (AvgIpc) is 3.25. The van der Waals surface area contributed by atoms with Crippen LogP contribution in [0.5, 0.6) is 0 Å². The second kappa shape index (κ2) is 10.1. The summed E-state index contributed by atoms with van der Waals surface area (Å²) in [6, 6.07) is 31.6. The fraction of sp³-hybridized carbons (Fsp3) is 0.394. The number of nitrogens with zero attached hydrogens (tertiary/aromatic N) is 2.